The zero-order valence-electron chi connectivity index (χ0n) is 15.6. The molecule has 27 heavy (non-hydrogen) atoms. The van der Waals surface area contributed by atoms with E-state index in [-0.39, 0.29) is 12.4 Å². The molecule has 0 unspecified atom stereocenters. The third-order valence-corrected chi connectivity index (χ3v) is 6.90. The van der Waals surface area contributed by atoms with Gasteiger partial charge in [0.25, 0.3) is 0 Å². The zero-order chi connectivity index (χ0) is 18.7. The minimum Gasteiger partial charge on any atom is -0.300 e. The van der Waals surface area contributed by atoms with Crippen LogP contribution in [-0.4, -0.2) is 60.1 Å². The van der Waals surface area contributed by atoms with E-state index in [1.807, 2.05) is 11.6 Å². The Kier molecular flexibility index (Phi) is 7.71. The second-order valence-electron chi connectivity index (χ2n) is 6.70. The fourth-order valence-corrected chi connectivity index (χ4v) is 4.90. The number of benzene rings is 1. The molecule has 0 N–H and O–H groups in total. The van der Waals surface area contributed by atoms with Crippen molar-refractivity contribution in [3.05, 3.63) is 46.7 Å². The first-order valence-electron chi connectivity index (χ1n) is 8.85. The van der Waals surface area contributed by atoms with Crippen molar-refractivity contribution in [1.82, 2.24) is 19.0 Å². The molecule has 0 aliphatic carbocycles. The highest BCUT2D eigenvalue weighted by Crippen LogP contribution is 2.20. The fourth-order valence-electron chi connectivity index (χ4n) is 3.30. The first-order valence-corrected chi connectivity index (χ1v) is 10.7. The van der Waals surface area contributed by atoms with Crippen molar-refractivity contribution in [2.24, 2.45) is 0 Å². The van der Waals surface area contributed by atoms with E-state index in [0.29, 0.717) is 23.0 Å². The Morgan fingerprint density at radius 3 is 2.37 bits per heavy atom. The third-order valence-electron chi connectivity index (χ3n) is 4.73. The van der Waals surface area contributed by atoms with E-state index < -0.39 is 10.0 Å². The predicted octanol–water partition coefficient (Wildman–Crippen LogP) is 2.97. The van der Waals surface area contributed by atoms with Crippen LogP contribution in [0.1, 0.15) is 17.8 Å². The third kappa shape index (κ3) is 5.45. The van der Waals surface area contributed by atoms with E-state index in [2.05, 4.69) is 23.0 Å². The van der Waals surface area contributed by atoms with Crippen molar-refractivity contribution in [3.8, 4) is 0 Å². The topological polar surface area (TPSA) is 58.4 Å². The number of hydrogen-bond acceptors (Lipinski definition) is 4. The van der Waals surface area contributed by atoms with Crippen LogP contribution in [0.15, 0.2) is 35.2 Å². The summed E-state index contributed by atoms with van der Waals surface area (Å²) in [5.74, 6) is 0. The summed E-state index contributed by atoms with van der Waals surface area (Å²) in [4.78, 5) is 2.62. The van der Waals surface area contributed by atoms with Gasteiger partial charge in [0.1, 0.15) is 0 Å². The molecule has 0 amide bonds. The Morgan fingerprint density at radius 2 is 1.74 bits per heavy atom. The first-order chi connectivity index (χ1) is 12.4. The molecule has 1 aromatic heterocycles. The average molecular weight is 433 g/mol. The van der Waals surface area contributed by atoms with E-state index in [1.165, 1.54) is 0 Å². The van der Waals surface area contributed by atoms with E-state index in [9.17, 15) is 8.42 Å². The first kappa shape index (κ1) is 22.2. The van der Waals surface area contributed by atoms with Gasteiger partial charge in [0.15, 0.2) is 0 Å². The van der Waals surface area contributed by atoms with Crippen molar-refractivity contribution in [2.45, 2.75) is 31.7 Å². The minimum absolute atomic E-state index is 0. The van der Waals surface area contributed by atoms with Crippen LogP contribution < -0.4 is 0 Å². The van der Waals surface area contributed by atoms with Crippen molar-refractivity contribution in [3.63, 3.8) is 0 Å². The summed E-state index contributed by atoms with van der Waals surface area (Å²) in [5, 5.41) is 5.03. The monoisotopic (exact) mass is 432 g/mol. The standard InChI is InChI=1S/C18H25ClN4O2S.ClH/c1-15-14-16(2)23(20-15)13-11-21-8-3-9-22(12-10-21)26(24,25)18-6-4-17(19)5-7-18;/h4-7,14H,3,8-13H2,1-2H3;1H. The molecule has 3 rings (SSSR count). The van der Waals surface area contributed by atoms with Crippen LogP contribution in [0.4, 0.5) is 0 Å². The van der Waals surface area contributed by atoms with Gasteiger partial charge < -0.3 is 4.90 Å². The number of sulfonamides is 1. The Bertz CT molecular complexity index is 853. The highest BCUT2D eigenvalue weighted by Gasteiger charge is 2.26. The molecular formula is C18H26Cl2N4O2S. The van der Waals surface area contributed by atoms with Crippen molar-refractivity contribution in [2.75, 3.05) is 32.7 Å². The molecule has 0 spiro atoms. The Labute approximate surface area is 172 Å². The molecule has 0 saturated carbocycles. The number of aryl methyl sites for hydroxylation is 2. The summed E-state index contributed by atoms with van der Waals surface area (Å²) in [7, 11) is -3.47. The lowest BCUT2D eigenvalue weighted by molar-refractivity contribution is 0.269. The number of nitrogens with zero attached hydrogens (tertiary/aromatic N) is 4. The zero-order valence-corrected chi connectivity index (χ0v) is 18.0. The Balaban J connectivity index is 0.00000261. The Hall–Kier alpha value is -1.12. The van der Waals surface area contributed by atoms with Crippen LogP contribution in [0.3, 0.4) is 0 Å². The van der Waals surface area contributed by atoms with Crippen LogP contribution >= 0.6 is 24.0 Å². The molecule has 2 heterocycles. The van der Waals surface area contributed by atoms with Gasteiger partial charge in [0.2, 0.25) is 10.0 Å². The lowest BCUT2D eigenvalue weighted by Crippen LogP contribution is -2.36. The molecule has 150 valence electrons. The highest BCUT2D eigenvalue weighted by atomic mass is 35.5. The maximum Gasteiger partial charge on any atom is 0.243 e. The predicted molar refractivity (Wildman–Crippen MR) is 110 cm³/mol. The van der Waals surface area contributed by atoms with E-state index in [1.54, 1.807) is 28.6 Å². The highest BCUT2D eigenvalue weighted by molar-refractivity contribution is 7.89. The van der Waals surface area contributed by atoms with E-state index in [4.69, 9.17) is 11.6 Å². The second-order valence-corrected chi connectivity index (χ2v) is 9.08. The molecule has 1 fully saturated rings. The molecule has 9 heteroatoms. The number of rotatable bonds is 5. The number of hydrogen-bond donors (Lipinski definition) is 0. The van der Waals surface area contributed by atoms with E-state index in [0.717, 1.165) is 44.0 Å². The molecule has 1 aromatic carbocycles. The van der Waals surface area contributed by atoms with E-state index >= 15 is 0 Å². The van der Waals surface area contributed by atoms with Gasteiger partial charge in [-0.25, -0.2) is 8.42 Å². The lowest BCUT2D eigenvalue weighted by atomic mass is 10.4. The maximum atomic E-state index is 12.8. The molecular weight excluding hydrogens is 407 g/mol. The van der Waals surface area contributed by atoms with Crippen LogP contribution in [0, 0.1) is 13.8 Å². The molecule has 0 bridgehead atoms. The molecule has 0 atom stereocenters. The van der Waals surface area contributed by atoms with Gasteiger partial charge in [-0.05, 0) is 57.1 Å². The van der Waals surface area contributed by atoms with Gasteiger partial charge in [-0.2, -0.15) is 9.40 Å². The van der Waals surface area contributed by atoms with Gasteiger partial charge in [0.05, 0.1) is 17.1 Å². The van der Waals surface area contributed by atoms with Crippen LogP contribution in [0.2, 0.25) is 5.02 Å². The molecule has 1 aliphatic rings. The van der Waals surface area contributed by atoms with Crippen LogP contribution in [0.25, 0.3) is 0 Å². The number of aromatic nitrogens is 2. The molecule has 6 nitrogen and oxygen atoms in total. The lowest BCUT2D eigenvalue weighted by Gasteiger charge is -2.22. The quantitative estimate of drug-likeness (QED) is 0.728. The summed E-state index contributed by atoms with van der Waals surface area (Å²) in [6.07, 6.45) is 0.823. The van der Waals surface area contributed by atoms with Gasteiger partial charge >= 0.3 is 0 Å². The summed E-state index contributed by atoms with van der Waals surface area (Å²) in [6, 6.07) is 8.45. The normalized spacial score (nSPS) is 16.7. The maximum absolute atomic E-state index is 12.8. The second kappa shape index (κ2) is 9.39. The summed E-state index contributed by atoms with van der Waals surface area (Å²) in [6.45, 7) is 8.42. The van der Waals surface area contributed by atoms with Crippen LogP contribution in [0.5, 0.6) is 0 Å². The molecule has 1 aliphatic heterocycles. The molecule has 2 aromatic rings. The SMILES string of the molecule is Cc1cc(C)n(CCN2CCCN(S(=O)(=O)c3ccc(Cl)cc3)CC2)n1.Cl. The summed E-state index contributed by atoms with van der Waals surface area (Å²) < 4.78 is 29.3. The molecule has 0 radical (unpaired) electrons. The average Bonchev–Trinajstić information content (AvgIpc) is 2.79. The fraction of sp³-hybridized carbons (Fsp3) is 0.500. The minimum atomic E-state index is -3.47. The summed E-state index contributed by atoms with van der Waals surface area (Å²) in [5.41, 5.74) is 2.18. The number of halogens is 2. The van der Waals surface area contributed by atoms with Gasteiger partial charge in [0, 0.05) is 36.9 Å². The largest absolute Gasteiger partial charge is 0.300 e. The van der Waals surface area contributed by atoms with Crippen molar-refractivity contribution < 1.29 is 8.42 Å². The van der Waals surface area contributed by atoms with Gasteiger partial charge in [-0.15, -0.1) is 12.4 Å². The van der Waals surface area contributed by atoms with Crippen LogP contribution in [-0.2, 0) is 16.6 Å². The molecule has 1 saturated heterocycles. The summed E-state index contributed by atoms with van der Waals surface area (Å²) >= 11 is 5.87. The van der Waals surface area contributed by atoms with Crippen molar-refractivity contribution in [1.29, 1.82) is 0 Å². The Morgan fingerprint density at radius 1 is 1.04 bits per heavy atom. The van der Waals surface area contributed by atoms with Gasteiger partial charge in [-0.3, -0.25) is 4.68 Å². The smallest absolute Gasteiger partial charge is 0.243 e. The van der Waals surface area contributed by atoms with Crippen molar-refractivity contribution >= 4 is 34.0 Å². The van der Waals surface area contributed by atoms with Gasteiger partial charge in [-0.1, -0.05) is 11.6 Å².